The number of fused-ring (bicyclic) bond motifs is 1. The van der Waals surface area contributed by atoms with Gasteiger partial charge in [-0.25, -0.2) is 9.37 Å². The molecule has 7 nitrogen and oxygen atoms in total. The number of amides is 3. The molecular formula is C20H19FN4O3. The number of aromatic nitrogens is 1. The highest BCUT2D eigenvalue weighted by molar-refractivity contribution is 6.21. The molecule has 0 aliphatic carbocycles. The summed E-state index contributed by atoms with van der Waals surface area (Å²) >= 11 is 0. The predicted molar refractivity (Wildman–Crippen MR) is 99.4 cm³/mol. The van der Waals surface area contributed by atoms with Crippen LogP contribution in [0.25, 0.3) is 0 Å². The van der Waals surface area contributed by atoms with E-state index in [-0.39, 0.29) is 30.0 Å². The molecule has 0 bridgehead atoms. The van der Waals surface area contributed by atoms with E-state index in [4.69, 9.17) is 0 Å². The highest BCUT2D eigenvalue weighted by Crippen LogP contribution is 2.25. The fourth-order valence-corrected chi connectivity index (χ4v) is 3.59. The fraction of sp³-hybridized carbons (Fsp3) is 0.300. The first-order valence-corrected chi connectivity index (χ1v) is 9.14. The van der Waals surface area contributed by atoms with Gasteiger partial charge >= 0.3 is 0 Å². The lowest BCUT2D eigenvalue weighted by Gasteiger charge is -2.35. The minimum Gasteiger partial charge on any atom is -0.353 e. The van der Waals surface area contributed by atoms with Crippen LogP contribution >= 0.6 is 0 Å². The molecule has 2 aliphatic rings. The van der Waals surface area contributed by atoms with Gasteiger partial charge in [-0.2, -0.15) is 0 Å². The van der Waals surface area contributed by atoms with Gasteiger partial charge in [-0.1, -0.05) is 12.1 Å². The normalized spacial score (nSPS) is 16.5. The number of halogens is 1. The minimum absolute atomic E-state index is 0.0245. The summed E-state index contributed by atoms with van der Waals surface area (Å²) in [7, 11) is 0. The van der Waals surface area contributed by atoms with Crippen molar-refractivity contribution in [2.45, 2.75) is 6.42 Å². The van der Waals surface area contributed by atoms with Crippen LogP contribution in [0.1, 0.15) is 27.1 Å². The van der Waals surface area contributed by atoms with Crippen LogP contribution in [0.5, 0.6) is 0 Å². The molecule has 0 atom stereocenters. The zero-order valence-electron chi connectivity index (χ0n) is 15.2. The van der Waals surface area contributed by atoms with Crippen LogP contribution in [0.3, 0.4) is 0 Å². The Morgan fingerprint density at radius 3 is 2.46 bits per heavy atom. The fourth-order valence-electron chi connectivity index (χ4n) is 3.59. The predicted octanol–water partition coefficient (Wildman–Crippen LogP) is 1.56. The summed E-state index contributed by atoms with van der Waals surface area (Å²) in [5.41, 5.74) is -0.148. The number of carbonyl (C=O) groups is 3. The van der Waals surface area contributed by atoms with Crippen molar-refractivity contribution in [2.24, 2.45) is 0 Å². The van der Waals surface area contributed by atoms with Crippen molar-refractivity contribution in [3.63, 3.8) is 0 Å². The second-order valence-corrected chi connectivity index (χ2v) is 6.73. The summed E-state index contributed by atoms with van der Waals surface area (Å²) in [5, 5.41) is 0. The van der Waals surface area contributed by atoms with Crippen molar-refractivity contribution in [3.05, 3.63) is 59.5 Å². The summed E-state index contributed by atoms with van der Waals surface area (Å²) < 4.78 is 13.9. The van der Waals surface area contributed by atoms with Gasteiger partial charge in [0.1, 0.15) is 11.6 Å². The van der Waals surface area contributed by atoms with Gasteiger partial charge in [0.05, 0.1) is 11.1 Å². The molecule has 1 fully saturated rings. The first-order valence-electron chi connectivity index (χ1n) is 9.14. The van der Waals surface area contributed by atoms with Crippen LogP contribution in [-0.4, -0.2) is 65.2 Å². The van der Waals surface area contributed by atoms with Crippen LogP contribution in [0.4, 0.5) is 10.2 Å². The molecule has 2 aliphatic heterocycles. The molecule has 4 rings (SSSR count). The molecular weight excluding hydrogens is 363 g/mol. The highest BCUT2D eigenvalue weighted by Gasteiger charge is 2.38. The second-order valence-electron chi connectivity index (χ2n) is 6.73. The summed E-state index contributed by atoms with van der Waals surface area (Å²) in [6, 6.07) is 9.68. The monoisotopic (exact) mass is 382 g/mol. The maximum Gasteiger partial charge on any atom is 0.264 e. The number of nitrogens with zero attached hydrogens (tertiary/aromatic N) is 4. The van der Waals surface area contributed by atoms with Crippen molar-refractivity contribution < 1.29 is 18.8 Å². The van der Waals surface area contributed by atoms with Gasteiger partial charge in [0, 0.05) is 45.3 Å². The van der Waals surface area contributed by atoms with E-state index in [1.54, 1.807) is 11.1 Å². The van der Waals surface area contributed by atoms with Crippen LogP contribution in [0.15, 0.2) is 42.6 Å². The van der Waals surface area contributed by atoms with Crippen molar-refractivity contribution in [1.82, 2.24) is 14.8 Å². The molecule has 3 heterocycles. The number of pyridine rings is 1. The maximum absolute atomic E-state index is 13.9. The Morgan fingerprint density at radius 1 is 1.00 bits per heavy atom. The summed E-state index contributed by atoms with van der Waals surface area (Å²) in [4.78, 5) is 46.3. The highest BCUT2D eigenvalue weighted by atomic mass is 19.1. The van der Waals surface area contributed by atoms with Crippen LogP contribution in [-0.2, 0) is 4.79 Å². The Morgan fingerprint density at radius 2 is 1.79 bits per heavy atom. The molecule has 1 saturated heterocycles. The Balaban J connectivity index is 1.33. The molecule has 0 spiro atoms. The second kappa shape index (κ2) is 7.38. The third kappa shape index (κ3) is 3.21. The molecule has 3 amide bonds. The molecule has 8 heteroatoms. The first-order chi connectivity index (χ1) is 13.6. The number of hydrogen-bond donors (Lipinski definition) is 0. The number of rotatable bonds is 4. The molecule has 28 heavy (non-hydrogen) atoms. The number of piperazine rings is 1. The smallest absolute Gasteiger partial charge is 0.264 e. The van der Waals surface area contributed by atoms with E-state index in [2.05, 4.69) is 9.88 Å². The molecule has 1 aromatic carbocycles. The molecule has 0 unspecified atom stereocenters. The van der Waals surface area contributed by atoms with E-state index in [1.165, 1.54) is 12.1 Å². The average molecular weight is 382 g/mol. The Bertz CT molecular complexity index is 926. The molecule has 144 valence electrons. The van der Waals surface area contributed by atoms with E-state index in [0.717, 1.165) is 16.8 Å². The van der Waals surface area contributed by atoms with Gasteiger partial charge in [-0.05, 0) is 24.3 Å². The van der Waals surface area contributed by atoms with Gasteiger partial charge in [0.15, 0.2) is 0 Å². The standard InChI is InChI=1S/C20H19FN4O3/c21-15-5-3-4-14-18(15)20(28)25(19(14)27)9-7-17(26)24-12-10-23(11-13-24)16-6-1-2-8-22-16/h1-6,8H,7,9-13H2. The quantitative estimate of drug-likeness (QED) is 0.751. The lowest BCUT2D eigenvalue weighted by atomic mass is 10.1. The summed E-state index contributed by atoms with van der Waals surface area (Å²) in [5.74, 6) is -1.19. The summed E-state index contributed by atoms with van der Waals surface area (Å²) in [6.45, 7) is 2.38. The zero-order valence-corrected chi connectivity index (χ0v) is 15.2. The van der Waals surface area contributed by atoms with E-state index >= 15 is 0 Å². The van der Waals surface area contributed by atoms with Crippen molar-refractivity contribution in [1.29, 1.82) is 0 Å². The molecule has 0 radical (unpaired) electrons. The van der Waals surface area contributed by atoms with Crippen molar-refractivity contribution in [3.8, 4) is 0 Å². The Labute approximate surface area is 161 Å². The number of anilines is 1. The summed E-state index contributed by atoms with van der Waals surface area (Å²) in [6.07, 6.45) is 1.76. The minimum atomic E-state index is -0.713. The average Bonchev–Trinajstić information content (AvgIpc) is 2.98. The third-order valence-corrected chi connectivity index (χ3v) is 5.10. The molecule has 0 N–H and O–H groups in total. The van der Waals surface area contributed by atoms with Gasteiger partial charge in [-0.15, -0.1) is 0 Å². The molecule has 2 aromatic rings. The first kappa shape index (κ1) is 18.1. The molecule has 0 saturated carbocycles. The van der Waals surface area contributed by atoms with Crippen LogP contribution in [0, 0.1) is 5.82 Å². The van der Waals surface area contributed by atoms with Gasteiger partial charge in [0.25, 0.3) is 11.8 Å². The maximum atomic E-state index is 13.9. The van der Waals surface area contributed by atoms with E-state index in [1.807, 2.05) is 18.2 Å². The third-order valence-electron chi connectivity index (χ3n) is 5.10. The SMILES string of the molecule is O=C(CCN1C(=O)c2cccc(F)c2C1=O)N1CCN(c2ccccn2)CC1. The van der Waals surface area contributed by atoms with Crippen LogP contribution < -0.4 is 4.90 Å². The van der Waals surface area contributed by atoms with Crippen molar-refractivity contribution >= 4 is 23.5 Å². The number of hydrogen-bond acceptors (Lipinski definition) is 5. The topological polar surface area (TPSA) is 73.8 Å². The number of benzene rings is 1. The van der Waals surface area contributed by atoms with Crippen LogP contribution in [0.2, 0.25) is 0 Å². The Kier molecular flexibility index (Phi) is 4.77. The zero-order chi connectivity index (χ0) is 19.7. The lowest BCUT2D eigenvalue weighted by molar-refractivity contribution is -0.131. The van der Waals surface area contributed by atoms with Gasteiger partial charge < -0.3 is 9.80 Å². The number of imide groups is 1. The Hall–Kier alpha value is -3.29. The lowest BCUT2D eigenvalue weighted by Crippen LogP contribution is -2.49. The number of carbonyl (C=O) groups excluding carboxylic acids is 3. The van der Waals surface area contributed by atoms with E-state index in [9.17, 15) is 18.8 Å². The van der Waals surface area contributed by atoms with E-state index < -0.39 is 17.6 Å². The molecule has 1 aromatic heterocycles. The largest absolute Gasteiger partial charge is 0.353 e. The van der Waals surface area contributed by atoms with E-state index in [0.29, 0.717) is 26.2 Å². The van der Waals surface area contributed by atoms with Crippen molar-refractivity contribution in [2.75, 3.05) is 37.6 Å². The van der Waals surface area contributed by atoms with Gasteiger partial charge in [-0.3, -0.25) is 19.3 Å². The van der Waals surface area contributed by atoms with Gasteiger partial charge in [0.2, 0.25) is 5.91 Å².